The second-order valence-corrected chi connectivity index (χ2v) is 7.35. The number of benzene rings is 2. The van der Waals surface area contributed by atoms with Crippen molar-refractivity contribution in [3.8, 4) is 28.0 Å². The smallest absolute Gasteiger partial charge is 0.255 e. The number of hydrogen-bond donors (Lipinski definition) is 2. The normalized spacial score (nSPS) is 10.9. The van der Waals surface area contributed by atoms with E-state index in [0.29, 0.717) is 16.8 Å². The molecule has 0 spiro atoms. The number of ether oxygens (including phenoxy) is 1. The highest BCUT2D eigenvalue weighted by molar-refractivity contribution is 6.01. The molecular formula is C24H23FN4O2. The van der Waals surface area contributed by atoms with E-state index in [1.165, 1.54) is 11.0 Å². The fraction of sp³-hybridized carbons (Fsp3) is 0.167. The van der Waals surface area contributed by atoms with Crippen LogP contribution in [-0.4, -0.2) is 49.0 Å². The van der Waals surface area contributed by atoms with Crippen LogP contribution in [0, 0.1) is 5.82 Å². The molecule has 4 aromatic rings. The summed E-state index contributed by atoms with van der Waals surface area (Å²) in [5.74, 6) is -0.0307. The molecule has 0 aliphatic carbocycles. The van der Waals surface area contributed by atoms with E-state index >= 15 is 0 Å². The summed E-state index contributed by atoms with van der Waals surface area (Å²) in [7, 11) is 6.50. The van der Waals surface area contributed by atoms with E-state index in [4.69, 9.17) is 4.74 Å². The van der Waals surface area contributed by atoms with Gasteiger partial charge in [0.1, 0.15) is 17.2 Å². The topological polar surface area (TPSA) is 70.2 Å². The summed E-state index contributed by atoms with van der Waals surface area (Å²) in [5.41, 5.74) is 4.28. The zero-order valence-electron chi connectivity index (χ0n) is 17.8. The Balaban J connectivity index is 1.89. The number of H-pyrrole nitrogens is 1. The number of fused-ring (bicyclic) bond motifs is 1. The largest absolute Gasteiger partial charge is 0.496 e. The molecule has 6 nitrogen and oxygen atoms in total. The number of amides is 1. The minimum atomic E-state index is -0.496. The van der Waals surface area contributed by atoms with Gasteiger partial charge in [0.15, 0.2) is 0 Å². The van der Waals surface area contributed by atoms with Gasteiger partial charge < -0.3 is 19.9 Å². The first-order valence-electron chi connectivity index (χ1n) is 9.78. The second kappa shape index (κ2) is 8.10. The van der Waals surface area contributed by atoms with Gasteiger partial charge in [-0.05, 0) is 29.8 Å². The molecule has 0 radical (unpaired) electrons. The fourth-order valence-corrected chi connectivity index (χ4v) is 3.69. The first-order chi connectivity index (χ1) is 14.9. The molecule has 0 saturated heterocycles. The Kier molecular flexibility index (Phi) is 5.33. The summed E-state index contributed by atoms with van der Waals surface area (Å²) < 4.78 is 20.3. The van der Waals surface area contributed by atoms with Crippen molar-refractivity contribution in [3.05, 3.63) is 66.2 Å². The number of halogens is 1. The van der Waals surface area contributed by atoms with Gasteiger partial charge in [-0.25, -0.2) is 9.37 Å². The van der Waals surface area contributed by atoms with Crippen molar-refractivity contribution >= 4 is 22.6 Å². The molecule has 0 fully saturated rings. The molecule has 2 heterocycles. The number of methoxy groups -OCH3 is 1. The predicted octanol–water partition coefficient (Wildman–Crippen LogP) is 4.79. The van der Waals surface area contributed by atoms with Gasteiger partial charge in [0, 0.05) is 55.6 Å². The molecule has 0 unspecified atom stereocenters. The number of rotatable bonds is 5. The van der Waals surface area contributed by atoms with Gasteiger partial charge in [0.2, 0.25) is 0 Å². The molecule has 7 heteroatoms. The van der Waals surface area contributed by atoms with Gasteiger partial charge in [-0.15, -0.1) is 0 Å². The SMILES string of the molecule is CNc1c(F)cc(-c2cnc3[nH]cc(-c4ccccc4OC)c3c2)cc1C(=O)N(C)C. The van der Waals surface area contributed by atoms with Crippen LogP contribution < -0.4 is 10.1 Å². The highest BCUT2D eigenvalue weighted by atomic mass is 19.1. The van der Waals surface area contributed by atoms with Crippen molar-refractivity contribution in [2.75, 3.05) is 33.6 Å². The molecule has 2 aromatic heterocycles. The lowest BCUT2D eigenvalue weighted by molar-refractivity contribution is 0.0828. The van der Waals surface area contributed by atoms with Crippen molar-refractivity contribution in [1.82, 2.24) is 14.9 Å². The Hall–Kier alpha value is -3.87. The number of nitrogens with one attached hydrogen (secondary N) is 2. The number of para-hydroxylation sites is 1. The number of aromatic amines is 1. The zero-order valence-corrected chi connectivity index (χ0v) is 17.8. The van der Waals surface area contributed by atoms with Crippen LogP contribution in [-0.2, 0) is 0 Å². The molecule has 0 aliphatic heterocycles. The molecule has 4 rings (SSSR count). The monoisotopic (exact) mass is 418 g/mol. The lowest BCUT2D eigenvalue weighted by atomic mass is 9.99. The molecule has 2 N–H and O–H groups in total. The summed E-state index contributed by atoms with van der Waals surface area (Å²) in [6.45, 7) is 0. The average Bonchev–Trinajstić information content (AvgIpc) is 3.20. The predicted molar refractivity (Wildman–Crippen MR) is 121 cm³/mol. The molecule has 0 atom stereocenters. The summed E-state index contributed by atoms with van der Waals surface area (Å²) in [4.78, 5) is 21.7. The van der Waals surface area contributed by atoms with Crippen molar-refractivity contribution < 1.29 is 13.9 Å². The summed E-state index contributed by atoms with van der Waals surface area (Å²) in [6.07, 6.45) is 3.55. The first-order valence-corrected chi connectivity index (χ1v) is 9.78. The zero-order chi connectivity index (χ0) is 22.1. The Bertz CT molecular complexity index is 1280. The number of carbonyl (C=O) groups is 1. The van der Waals surface area contributed by atoms with Gasteiger partial charge in [-0.2, -0.15) is 0 Å². The van der Waals surface area contributed by atoms with Gasteiger partial charge in [0.25, 0.3) is 5.91 Å². The number of pyridine rings is 1. The standard InChI is InChI=1S/C24H23FN4O2/c1-26-22-18(24(30)29(2)3)9-14(11-20(22)25)15-10-17-19(13-28-23(17)27-12-15)16-7-5-6-8-21(16)31-4/h5-13,26H,1-4H3,(H,27,28). The van der Waals surface area contributed by atoms with Gasteiger partial charge in [-0.3, -0.25) is 4.79 Å². The molecular weight excluding hydrogens is 395 g/mol. The first kappa shape index (κ1) is 20.4. The second-order valence-electron chi connectivity index (χ2n) is 7.35. The van der Waals surface area contributed by atoms with Crippen molar-refractivity contribution in [2.24, 2.45) is 0 Å². The highest BCUT2D eigenvalue weighted by Crippen LogP contribution is 2.36. The van der Waals surface area contributed by atoms with E-state index in [1.54, 1.807) is 40.5 Å². The number of hydrogen-bond acceptors (Lipinski definition) is 4. The van der Waals surface area contributed by atoms with Crippen LogP contribution in [0.25, 0.3) is 33.3 Å². The van der Waals surface area contributed by atoms with E-state index in [-0.39, 0.29) is 17.2 Å². The molecule has 0 aliphatic rings. The molecule has 31 heavy (non-hydrogen) atoms. The third kappa shape index (κ3) is 3.59. The van der Waals surface area contributed by atoms with E-state index in [1.807, 2.05) is 36.5 Å². The van der Waals surface area contributed by atoms with E-state index in [0.717, 1.165) is 22.3 Å². The van der Waals surface area contributed by atoms with Crippen LogP contribution in [0.2, 0.25) is 0 Å². The summed E-state index contributed by atoms with van der Waals surface area (Å²) in [5, 5.41) is 3.67. The Labute approximate surface area is 179 Å². The maximum atomic E-state index is 14.8. The Morgan fingerprint density at radius 1 is 1.13 bits per heavy atom. The average molecular weight is 418 g/mol. The van der Waals surface area contributed by atoms with E-state index in [9.17, 15) is 9.18 Å². The number of aromatic nitrogens is 2. The minimum Gasteiger partial charge on any atom is -0.496 e. The lowest BCUT2D eigenvalue weighted by Gasteiger charge is -2.16. The molecule has 1 amide bonds. The third-order valence-corrected chi connectivity index (χ3v) is 5.24. The molecule has 0 bridgehead atoms. The van der Waals surface area contributed by atoms with Crippen LogP contribution >= 0.6 is 0 Å². The molecule has 2 aromatic carbocycles. The van der Waals surface area contributed by atoms with Gasteiger partial charge in [-0.1, -0.05) is 18.2 Å². The summed E-state index contributed by atoms with van der Waals surface area (Å²) in [6, 6.07) is 12.8. The van der Waals surface area contributed by atoms with Crippen molar-refractivity contribution in [3.63, 3.8) is 0 Å². The number of carbonyl (C=O) groups excluding carboxylic acids is 1. The van der Waals surface area contributed by atoms with Crippen LogP contribution in [0.5, 0.6) is 5.75 Å². The van der Waals surface area contributed by atoms with Crippen LogP contribution in [0.4, 0.5) is 10.1 Å². The quantitative estimate of drug-likeness (QED) is 0.489. The number of nitrogens with zero attached hydrogens (tertiary/aromatic N) is 2. The molecule has 158 valence electrons. The summed E-state index contributed by atoms with van der Waals surface area (Å²) >= 11 is 0. The van der Waals surface area contributed by atoms with Crippen LogP contribution in [0.15, 0.2) is 54.9 Å². The fourth-order valence-electron chi connectivity index (χ4n) is 3.69. The number of anilines is 1. The van der Waals surface area contributed by atoms with Crippen molar-refractivity contribution in [2.45, 2.75) is 0 Å². The Morgan fingerprint density at radius 3 is 2.61 bits per heavy atom. The minimum absolute atomic E-state index is 0.174. The maximum Gasteiger partial charge on any atom is 0.255 e. The van der Waals surface area contributed by atoms with Crippen LogP contribution in [0.3, 0.4) is 0 Å². The van der Waals surface area contributed by atoms with Crippen molar-refractivity contribution in [1.29, 1.82) is 0 Å². The highest BCUT2D eigenvalue weighted by Gasteiger charge is 2.19. The maximum absolute atomic E-state index is 14.8. The van der Waals surface area contributed by atoms with Gasteiger partial charge in [0.05, 0.1) is 18.4 Å². The lowest BCUT2D eigenvalue weighted by Crippen LogP contribution is -2.23. The van der Waals surface area contributed by atoms with E-state index < -0.39 is 5.82 Å². The Morgan fingerprint density at radius 2 is 1.90 bits per heavy atom. The van der Waals surface area contributed by atoms with E-state index in [2.05, 4.69) is 15.3 Å². The van der Waals surface area contributed by atoms with Crippen LogP contribution in [0.1, 0.15) is 10.4 Å². The third-order valence-electron chi connectivity index (χ3n) is 5.24. The molecule has 0 saturated carbocycles. The van der Waals surface area contributed by atoms with Gasteiger partial charge >= 0.3 is 0 Å².